The van der Waals surface area contributed by atoms with Gasteiger partial charge in [0, 0.05) is 19.3 Å². The van der Waals surface area contributed by atoms with E-state index in [-0.39, 0.29) is 22.2 Å². The molecular formula is C11H13FN4O3S. The van der Waals surface area contributed by atoms with Crippen LogP contribution >= 0.6 is 0 Å². The predicted octanol–water partition coefficient (Wildman–Crippen LogP) is 0.951. The van der Waals surface area contributed by atoms with Gasteiger partial charge < -0.3 is 10.5 Å². The lowest BCUT2D eigenvalue weighted by atomic mass is 10.3. The van der Waals surface area contributed by atoms with Gasteiger partial charge >= 0.3 is 0 Å². The van der Waals surface area contributed by atoms with Gasteiger partial charge in [0.2, 0.25) is 0 Å². The standard InChI is InChI=1S/C11H13FN4O3S/c1-16-6-10(11(13)14-16)20(17,18)15-7-3-4-9(19-2)8(12)5-7/h3-6,15H,1-2H3,(H2,13,14). The van der Waals surface area contributed by atoms with E-state index in [0.29, 0.717) is 0 Å². The molecule has 0 radical (unpaired) electrons. The average molecular weight is 300 g/mol. The van der Waals surface area contributed by atoms with Crippen molar-refractivity contribution in [3.63, 3.8) is 0 Å². The first-order valence-corrected chi connectivity index (χ1v) is 6.97. The number of nitrogen functional groups attached to an aromatic ring is 1. The molecule has 0 aliphatic carbocycles. The van der Waals surface area contributed by atoms with Gasteiger partial charge in [0.1, 0.15) is 4.90 Å². The third-order valence-electron chi connectivity index (χ3n) is 2.52. The molecule has 0 saturated carbocycles. The van der Waals surface area contributed by atoms with E-state index in [9.17, 15) is 12.8 Å². The molecular weight excluding hydrogens is 287 g/mol. The Bertz CT molecular complexity index is 742. The number of rotatable bonds is 4. The molecule has 2 aromatic rings. The van der Waals surface area contributed by atoms with E-state index >= 15 is 0 Å². The number of hydrogen-bond acceptors (Lipinski definition) is 5. The van der Waals surface area contributed by atoms with Gasteiger partial charge in [-0.2, -0.15) is 5.10 Å². The van der Waals surface area contributed by atoms with Crippen LogP contribution in [-0.2, 0) is 17.1 Å². The number of halogens is 1. The molecule has 9 heteroatoms. The second-order valence-electron chi connectivity index (χ2n) is 4.01. The molecule has 2 rings (SSSR count). The zero-order chi connectivity index (χ0) is 14.9. The number of methoxy groups -OCH3 is 1. The van der Waals surface area contributed by atoms with Crippen molar-refractivity contribution in [2.75, 3.05) is 17.6 Å². The van der Waals surface area contributed by atoms with E-state index in [0.717, 1.165) is 6.07 Å². The Hall–Kier alpha value is -2.29. The zero-order valence-corrected chi connectivity index (χ0v) is 11.6. The van der Waals surface area contributed by atoms with Crippen molar-refractivity contribution in [2.24, 2.45) is 7.05 Å². The highest BCUT2D eigenvalue weighted by Gasteiger charge is 2.21. The first kappa shape index (κ1) is 14.1. The van der Waals surface area contributed by atoms with Crippen molar-refractivity contribution >= 4 is 21.5 Å². The molecule has 108 valence electrons. The maximum absolute atomic E-state index is 13.5. The quantitative estimate of drug-likeness (QED) is 0.876. The molecule has 0 amide bonds. The fourth-order valence-corrected chi connectivity index (χ4v) is 2.79. The summed E-state index contributed by atoms with van der Waals surface area (Å²) in [4.78, 5) is -0.170. The van der Waals surface area contributed by atoms with Gasteiger partial charge in [-0.1, -0.05) is 0 Å². The minimum atomic E-state index is -3.93. The molecule has 1 aromatic carbocycles. The second-order valence-corrected chi connectivity index (χ2v) is 5.66. The molecule has 0 bridgehead atoms. The van der Waals surface area contributed by atoms with Crippen molar-refractivity contribution in [3.8, 4) is 5.75 Å². The summed E-state index contributed by atoms with van der Waals surface area (Å²) < 4.78 is 46.0. The van der Waals surface area contributed by atoms with Gasteiger partial charge in [-0.15, -0.1) is 0 Å². The fourth-order valence-electron chi connectivity index (χ4n) is 1.63. The minimum Gasteiger partial charge on any atom is -0.494 e. The Morgan fingerprint density at radius 1 is 1.45 bits per heavy atom. The third kappa shape index (κ3) is 2.67. The van der Waals surface area contributed by atoms with E-state index in [1.807, 2.05) is 0 Å². The number of aryl methyl sites for hydroxylation is 1. The summed E-state index contributed by atoms with van der Waals surface area (Å²) in [5, 5.41) is 3.75. The topological polar surface area (TPSA) is 99.2 Å². The normalized spacial score (nSPS) is 11.3. The van der Waals surface area contributed by atoms with Crippen LogP contribution in [0.2, 0.25) is 0 Å². The number of anilines is 2. The van der Waals surface area contributed by atoms with E-state index in [1.165, 1.54) is 30.1 Å². The van der Waals surface area contributed by atoms with Gasteiger partial charge in [0.25, 0.3) is 10.0 Å². The Kier molecular flexibility index (Phi) is 3.53. The maximum Gasteiger partial charge on any atom is 0.267 e. The second kappa shape index (κ2) is 5.00. The number of aromatic nitrogens is 2. The Morgan fingerprint density at radius 2 is 2.15 bits per heavy atom. The molecule has 0 saturated heterocycles. The molecule has 1 aromatic heterocycles. The summed E-state index contributed by atoms with van der Waals surface area (Å²) in [6.45, 7) is 0. The molecule has 20 heavy (non-hydrogen) atoms. The number of sulfonamides is 1. The summed E-state index contributed by atoms with van der Waals surface area (Å²) in [5.74, 6) is -0.783. The average Bonchev–Trinajstić information content (AvgIpc) is 2.69. The lowest BCUT2D eigenvalue weighted by molar-refractivity contribution is 0.386. The molecule has 7 nitrogen and oxygen atoms in total. The lowest BCUT2D eigenvalue weighted by Crippen LogP contribution is -2.14. The van der Waals surface area contributed by atoms with Gasteiger partial charge in [-0.25, -0.2) is 12.8 Å². The van der Waals surface area contributed by atoms with Crippen LogP contribution in [0.1, 0.15) is 0 Å². The number of hydrogen-bond donors (Lipinski definition) is 2. The molecule has 1 heterocycles. The number of nitrogens with one attached hydrogen (secondary N) is 1. The molecule has 0 aliphatic rings. The van der Waals surface area contributed by atoms with Crippen molar-refractivity contribution in [3.05, 3.63) is 30.2 Å². The van der Waals surface area contributed by atoms with Gasteiger partial charge in [-0.05, 0) is 12.1 Å². The van der Waals surface area contributed by atoms with Crippen LogP contribution < -0.4 is 15.2 Å². The van der Waals surface area contributed by atoms with Crippen molar-refractivity contribution in [2.45, 2.75) is 4.90 Å². The largest absolute Gasteiger partial charge is 0.494 e. The van der Waals surface area contributed by atoms with Crippen LogP contribution in [0, 0.1) is 5.82 Å². The van der Waals surface area contributed by atoms with E-state index in [4.69, 9.17) is 10.5 Å². The molecule has 0 fully saturated rings. The summed E-state index contributed by atoms with van der Waals surface area (Å²) in [5.41, 5.74) is 5.57. The van der Waals surface area contributed by atoms with Crippen LogP contribution in [0.25, 0.3) is 0 Å². The van der Waals surface area contributed by atoms with E-state index in [2.05, 4.69) is 9.82 Å². The smallest absolute Gasteiger partial charge is 0.267 e. The Morgan fingerprint density at radius 3 is 2.65 bits per heavy atom. The molecule has 0 spiro atoms. The fraction of sp³-hybridized carbons (Fsp3) is 0.182. The van der Waals surface area contributed by atoms with Gasteiger partial charge in [0.05, 0.1) is 12.8 Å². The number of ether oxygens (including phenoxy) is 1. The van der Waals surface area contributed by atoms with Crippen LogP contribution in [0.15, 0.2) is 29.3 Å². The minimum absolute atomic E-state index is 0.0221. The lowest BCUT2D eigenvalue weighted by Gasteiger charge is -2.08. The van der Waals surface area contributed by atoms with Crippen molar-refractivity contribution in [1.29, 1.82) is 0 Å². The molecule has 0 atom stereocenters. The maximum atomic E-state index is 13.5. The third-order valence-corrected chi connectivity index (χ3v) is 3.91. The molecule has 0 aliphatic heterocycles. The highest BCUT2D eigenvalue weighted by Crippen LogP contribution is 2.24. The molecule has 0 unspecified atom stereocenters. The first-order chi connectivity index (χ1) is 9.33. The monoisotopic (exact) mass is 300 g/mol. The Balaban J connectivity index is 2.33. The summed E-state index contributed by atoms with van der Waals surface area (Å²) >= 11 is 0. The highest BCUT2D eigenvalue weighted by atomic mass is 32.2. The van der Waals surface area contributed by atoms with Crippen molar-refractivity contribution in [1.82, 2.24) is 9.78 Å². The SMILES string of the molecule is COc1ccc(NS(=O)(=O)c2cn(C)nc2N)cc1F. The first-order valence-electron chi connectivity index (χ1n) is 5.49. The van der Waals surface area contributed by atoms with Gasteiger partial charge in [-0.3, -0.25) is 9.40 Å². The molecule has 3 N–H and O–H groups in total. The van der Waals surface area contributed by atoms with Crippen LogP contribution in [0.4, 0.5) is 15.9 Å². The highest BCUT2D eigenvalue weighted by molar-refractivity contribution is 7.92. The van der Waals surface area contributed by atoms with Gasteiger partial charge in [0.15, 0.2) is 17.4 Å². The van der Waals surface area contributed by atoms with Crippen LogP contribution in [-0.4, -0.2) is 25.3 Å². The number of nitrogens with zero attached hydrogens (tertiary/aromatic N) is 2. The van der Waals surface area contributed by atoms with E-state index < -0.39 is 15.8 Å². The zero-order valence-electron chi connectivity index (χ0n) is 10.8. The predicted molar refractivity (Wildman–Crippen MR) is 71.4 cm³/mol. The van der Waals surface area contributed by atoms with Crippen LogP contribution in [0.5, 0.6) is 5.75 Å². The number of benzene rings is 1. The van der Waals surface area contributed by atoms with Crippen molar-refractivity contribution < 1.29 is 17.5 Å². The van der Waals surface area contributed by atoms with Crippen LogP contribution in [0.3, 0.4) is 0 Å². The summed E-state index contributed by atoms with van der Waals surface area (Å²) in [6, 6.07) is 3.72. The summed E-state index contributed by atoms with van der Waals surface area (Å²) in [6.07, 6.45) is 1.26. The number of nitrogens with two attached hydrogens (primary N) is 1. The Labute approximate surface area is 115 Å². The summed E-state index contributed by atoms with van der Waals surface area (Å²) in [7, 11) is -1.06. The van der Waals surface area contributed by atoms with E-state index in [1.54, 1.807) is 7.05 Å².